The lowest BCUT2D eigenvalue weighted by Crippen LogP contribution is -2.46. The number of rotatable bonds is 5. The third-order valence-corrected chi connectivity index (χ3v) is 5.49. The summed E-state index contributed by atoms with van der Waals surface area (Å²) in [6.45, 7) is 2.53. The van der Waals surface area contributed by atoms with Gasteiger partial charge in [0.05, 0.1) is 18.8 Å². The highest BCUT2D eigenvalue weighted by Gasteiger charge is 2.34. The van der Waals surface area contributed by atoms with Gasteiger partial charge in [-0.15, -0.1) is 0 Å². The molecule has 2 fully saturated rings. The molecule has 0 bridgehead atoms. The van der Waals surface area contributed by atoms with Crippen molar-refractivity contribution in [3.05, 3.63) is 36.1 Å². The number of hydrogen-bond acceptors (Lipinski definition) is 4. The molecule has 2 heterocycles. The van der Waals surface area contributed by atoms with E-state index in [9.17, 15) is 5.11 Å². The van der Waals surface area contributed by atoms with Crippen LogP contribution in [-0.4, -0.2) is 48.0 Å². The molecule has 1 saturated heterocycles. The van der Waals surface area contributed by atoms with Crippen LogP contribution >= 0.6 is 0 Å². The Balaban J connectivity index is 1.33. The SMILES string of the molecule is O[C@@H]1CCN([C@H]2CCCC[C@@H]2OCCc2cc3ccccc3o2)C1. The lowest BCUT2D eigenvalue weighted by molar-refractivity contribution is -0.0324. The molecule has 1 aliphatic heterocycles. The number of nitrogens with zero attached hydrogens (tertiary/aromatic N) is 1. The zero-order valence-corrected chi connectivity index (χ0v) is 14.2. The Bertz CT molecular complexity index is 635. The van der Waals surface area contributed by atoms with Gasteiger partial charge in [0.15, 0.2) is 0 Å². The Labute approximate surface area is 143 Å². The quantitative estimate of drug-likeness (QED) is 0.913. The molecule has 1 aliphatic carbocycles. The van der Waals surface area contributed by atoms with E-state index >= 15 is 0 Å². The van der Waals surface area contributed by atoms with Crippen molar-refractivity contribution in [2.24, 2.45) is 0 Å². The molecule has 1 saturated carbocycles. The summed E-state index contributed by atoms with van der Waals surface area (Å²) in [5, 5.41) is 11.0. The van der Waals surface area contributed by atoms with Crippen molar-refractivity contribution >= 4 is 11.0 Å². The predicted molar refractivity (Wildman–Crippen MR) is 94.1 cm³/mol. The highest BCUT2D eigenvalue weighted by molar-refractivity contribution is 5.77. The summed E-state index contributed by atoms with van der Waals surface area (Å²) in [5.41, 5.74) is 0.953. The van der Waals surface area contributed by atoms with Crippen LogP contribution in [-0.2, 0) is 11.2 Å². The number of ether oxygens (including phenoxy) is 1. The maximum atomic E-state index is 9.82. The van der Waals surface area contributed by atoms with Crippen molar-refractivity contribution in [3.8, 4) is 0 Å². The lowest BCUT2D eigenvalue weighted by atomic mass is 9.91. The molecule has 0 amide bonds. The Morgan fingerprint density at radius 3 is 2.88 bits per heavy atom. The molecule has 4 rings (SSSR count). The molecular formula is C20H27NO3. The molecule has 2 aliphatic rings. The fourth-order valence-corrected chi connectivity index (χ4v) is 4.23. The van der Waals surface area contributed by atoms with Gasteiger partial charge in [0, 0.05) is 30.9 Å². The van der Waals surface area contributed by atoms with Gasteiger partial charge < -0.3 is 14.3 Å². The van der Waals surface area contributed by atoms with E-state index in [1.165, 1.54) is 19.3 Å². The fourth-order valence-electron chi connectivity index (χ4n) is 4.23. The normalized spacial score (nSPS) is 28.6. The molecule has 2 aromatic rings. The van der Waals surface area contributed by atoms with Gasteiger partial charge in [-0.25, -0.2) is 0 Å². The average Bonchev–Trinajstić information content (AvgIpc) is 3.21. The smallest absolute Gasteiger partial charge is 0.134 e. The van der Waals surface area contributed by atoms with Crippen molar-refractivity contribution in [1.82, 2.24) is 4.90 Å². The van der Waals surface area contributed by atoms with Crippen LogP contribution in [0.4, 0.5) is 0 Å². The van der Waals surface area contributed by atoms with Crippen LogP contribution in [0.1, 0.15) is 37.9 Å². The first-order chi connectivity index (χ1) is 11.8. The maximum absolute atomic E-state index is 9.82. The van der Waals surface area contributed by atoms with E-state index in [2.05, 4.69) is 17.0 Å². The highest BCUT2D eigenvalue weighted by atomic mass is 16.5. The number of benzene rings is 1. The molecule has 130 valence electrons. The van der Waals surface area contributed by atoms with Gasteiger partial charge >= 0.3 is 0 Å². The molecular weight excluding hydrogens is 302 g/mol. The number of para-hydroxylation sites is 1. The number of furan rings is 1. The van der Waals surface area contributed by atoms with Crippen molar-refractivity contribution in [2.75, 3.05) is 19.7 Å². The van der Waals surface area contributed by atoms with Crippen LogP contribution in [0.3, 0.4) is 0 Å². The average molecular weight is 329 g/mol. The molecule has 0 radical (unpaired) electrons. The van der Waals surface area contributed by atoms with E-state index in [0.717, 1.165) is 49.1 Å². The van der Waals surface area contributed by atoms with Gasteiger partial charge in [-0.3, -0.25) is 4.90 Å². The third-order valence-electron chi connectivity index (χ3n) is 5.49. The number of likely N-dealkylation sites (tertiary alicyclic amines) is 1. The largest absolute Gasteiger partial charge is 0.461 e. The summed E-state index contributed by atoms with van der Waals surface area (Å²) in [7, 11) is 0. The molecule has 1 aromatic heterocycles. The van der Waals surface area contributed by atoms with E-state index in [0.29, 0.717) is 18.8 Å². The molecule has 3 atom stereocenters. The minimum absolute atomic E-state index is 0.150. The number of fused-ring (bicyclic) bond motifs is 1. The number of aliphatic hydroxyl groups excluding tert-OH is 1. The molecule has 1 N–H and O–H groups in total. The Morgan fingerprint density at radius 2 is 2.04 bits per heavy atom. The zero-order valence-electron chi connectivity index (χ0n) is 14.2. The number of β-amino-alcohol motifs (C(OH)–C–C–N with tert-alkyl or cyclic N) is 1. The summed E-state index contributed by atoms with van der Waals surface area (Å²) in [6.07, 6.45) is 6.74. The van der Waals surface area contributed by atoms with Gasteiger partial charge in [0.2, 0.25) is 0 Å². The summed E-state index contributed by atoms with van der Waals surface area (Å²) in [4.78, 5) is 2.44. The highest BCUT2D eigenvalue weighted by Crippen LogP contribution is 2.28. The summed E-state index contributed by atoms with van der Waals surface area (Å²) < 4.78 is 12.1. The van der Waals surface area contributed by atoms with Crippen molar-refractivity contribution in [1.29, 1.82) is 0 Å². The minimum Gasteiger partial charge on any atom is -0.461 e. The zero-order chi connectivity index (χ0) is 16.4. The lowest BCUT2D eigenvalue weighted by Gasteiger charge is -2.37. The van der Waals surface area contributed by atoms with Crippen molar-refractivity contribution < 1.29 is 14.3 Å². The summed E-state index contributed by atoms with van der Waals surface area (Å²) in [5.74, 6) is 1.00. The van der Waals surface area contributed by atoms with Gasteiger partial charge in [0.25, 0.3) is 0 Å². The van der Waals surface area contributed by atoms with E-state index in [1.54, 1.807) is 0 Å². The van der Waals surface area contributed by atoms with E-state index in [1.807, 2.05) is 18.2 Å². The fraction of sp³-hybridized carbons (Fsp3) is 0.600. The molecule has 4 heteroatoms. The van der Waals surface area contributed by atoms with E-state index in [4.69, 9.17) is 9.15 Å². The summed E-state index contributed by atoms with van der Waals surface area (Å²) in [6, 6.07) is 10.7. The van der Waals surface area contributed by atoms with E-state index in [-0.39, 0.29) is 6.10 Å². The first-order valence-corrected chi connectivity index (χ1v) is 9.31. The topological polar surface area (TPSA) is 45.8 Å². The Kier molecular flexibility index (Phi) is 4.88. The van der Waals surface area contributed by atoms with Gasteiger partial charge in [-0.1, -0.05) is 31.0 Å². The maximum Gasteiger partial charge on any atom is 0.134 e. The monoisotopic (exact) mass is 329 g/mol. The third kappa shape index (κ3) is 3.51. The second-order valence-electron chi connectivity index (χ2n) is 7.20. The molecule has 1 aromatic carbocycles. The molecule has 0 spiro atoms. The van der Waals surface area contributed by atoms with E-state index < -0.39 is 0 Å². The standard InChI is InChI=1S/C20H27NO3/c22-16-9-11-21(14-16)18-6-2-4-8-20(18)23-12-10-17-13-15-5-1-3-7-19(15)24-17/h1,3,5,7,13,16,18,20,22H,2,4,6,8-12,14H2/t16-,18+,20+/m1/s1. The molecule has 4 nitrogen and oxygen atoms in total. The van der Waals surface area contributed by atoms with Crippen molar-refractivity contribution in [3.63, 3.8) is 0 Å². The minimum atomic E-state index is -0.150. The summed E-state index contributed by atoms with van der Waals surface area (Å²) >= 11 is 0. The van der Waals surface area contributed by atoms with Crippen LogP contribution in [0.15, 0.2) is 34.7 Å². The van der Waals surface area contributed by atoms with Gasteiger partial charge in [-0.05, 0) is 31.4 Å². The second-order valence-corrected chi connectivity index (χ2v) is 7.20. The van der Waals surface area contributed by atoms with Gasteiger partial charge in [-0.2, -0.15) is 0 Å². The van der Waals surface area contributed by atoms with Gasteiger partial charge in [0.1, 0.15) is 11.3 Å². The molecule has 0 unspecified atom stereocenters. The first-order valence-electron chi connectivity index (χ1n) is 9.31. The Hall–Kier alpha value is -1.36. The number of hydrogen-bond donors (Lipinski definition) is 1. The number of aliphatic hydroxyl groups is 1. The van der Waals surface area contributed by atoms with Crippen LogP contribution in [0, 0.1) is 0 Å². The predicted octanol–water partition coefficient (Wildman–Crippen LogP) is 3.37. The van der Waals surface area contributed by atoms with Crippen LogP contribution < -0.4 is 0 Å². The molecule has 24 heavy (non-hydrogen) atoms. The van der Waals surface area contributed by atoms with Crippen LogP contribution in [0.25, 0.3) is 11.0 Å². The first kappa shape index (κ1) is 16.1. The van der Waals surface area contributed by atoms with Crippen LogP contribution in [0.2, 0.25) is 0 Å². The van der Waals surface area contributed by atoms with Crippen molar-refractivity contribution in [2.45, 2.75) is 56.8 Å². The van der Waals surface area contributed by atoms with Crippen LogP contribution in [0.5, 0.6) is 0 Å². The Morgan fingerprint density at radius 1 is 1.17 bits per heavy atom. The second kappa shape index (κ2) is 7.26.